The minimum atomic E-state index is -0.841. The highest BCUT2D eigenvalue weighted by Crippen LogP contribution is 2.44. The number of alkyl carbamates (subject to hydrolysis) is 1. The fourth-order valence-electron chi connectivity index (χ4n) is 7.65. The van der Waals surface area contributed by atoms with Crippen LogP contribution in [0, 0.1) is 0 Å². The van der Waals surface area contributed by atoms with Crippen molar-refractivity contribution in [3.8, 4) is 11.1 Å². The number of carbonyl (C=O) groups is 3. The fraction of sp³-hybridized carbons (Fsp3) is 0.326. The Kier molecular flexibility index (Phi) is 12.5. The average molecular weight is 805 g/mol. The summed E-state index contributed by atoms with van der Waals surface area (Å²) in [6, 6.07) is 35.1. The molecule has 1 saturated heterocycles. The second-order valence-corrected chi connectivity index (χ2v) is 17.0. The van der Waals surface area contributed by atoms with Gasteiger partial charge in [-0.15, -0.1) is 11.3 Å². The molecule has 296 valence electrons. The number of nitrogens with one attached hydrogen (secondary N) is 1. The van der Waals surface area contributed by atoms with Gasteiger partial charge in [0, 0.05) is 60.6 Å². The van der Waals surface area contributed by atoms with Crippen molar-refractivity contribution in [2.24, 2.45) is 0 Å². The van der Waals surface area contributed by atoms with Crippen molar-refractivity contribution in [1.29, 1.82) is 0 Å². The summed E-state index contributed by atoms with van der Waals surface area (Å²) in [4.78, 5) is 48.2. The summed E-state index contributed by atoms with van der Waals surface area (Å²) in [6.45, 7) is 8.81. The van der Waals surface area contributed by atoms with E-state index in [9.17, 15) is 14.4 Å². The lowest BCUT2D eigenvalue weighted by Crippen LogP contribution is -2.56. The highest BCUT2D eigenvalue weighted by molar-refractivity contribution is 7.09. The molecule has 2 aliphatic rings. The molecule has 1 aliphatic heterocycles. The maximum absolute atomic E-state index is 14.3. The Morgan fingerprint density at radius 2 is 1.49 bits per heavy atom. The molecule has 0 saturated carbocycles. The van der Waals surface area contributed by atoms with E-state index in [1.807, 2.05) is 85.6 Å². The molecule has 57 heavy (non-hydrogen) atoms. The fourth-order valence-corrected chi connectivity index (χ4v) is 8.47. The SMILES string of the molecule is CC(C)(C)OC(=O)N(CCc1cccs1)Cc1ccccc1N1CCN(C(=O)[C@@H](Cc2ccc(Cl)cc2)NC(=O)OCC2c3ccccc3-c3ccccc32)CC1. The molecule has 1 aliphatic carbocycles. The van der Waals surface area contributed by atoms with Gasteiger partial charge in [0.2, 0.25) is 5.91 Å². The van der Waals surface area contributed by atoms with Gasteiger partial charge in [-0.25, -0.2) is 9.59 Å². The molecule has 4 aromatic carbocycles. The summed E-state index contributed by atoms with van der Waals surface area (Å²) in [5, 5.41) is 5.57. The number of para-hydroxylation sites is 1. The van der Waals surface area contributed by atoms with Gasteiger partial charge in [-0.1, -0.05) is 96.5 Å². The maximum Gasteiger partial charge on any atom is 0.410 e. The van der Waals surface area contributed by atoms with Crippen molar-refractivity contribution in [1.82, 2.24) is 15.1 Å². The van der Waals surface area contributed by atoms with E-state index in [4.69, 9.17) is 21.1 Å². The number of carbonyl (C=O) groups excluding carboxylic acids is 3. The van der Waals surface area contributed by atoms with Crippen molar-refractivity contribution < 1.29 is 23.9 Å². The molecule has 1 aromatic heterocycles. The standard InChI is InChI=1S/C46H49ClN4O5S/c1-46(2,3)56-45(54)51(23-22-35-12-10-28-57-35)30-33-11-4-9-17-42(33)49-24-26-50(27-25-49)43(52)41(29-32-18-20-34(47)21-19-32)48-44(53)55-31-40-38-15-7-5-13-36(38)37-14-6-8-16-39(37)40/h4-21,28,40-41H,22-27,29-31H2,1-3H3,(H,48,53)/t41-/m1/s1. The molecular formula is C46H49ClN4O5S. The zero-order chi connectivity index (χ0) is 39.9. The number of hydrogen-bond acceptors (Lipinski definition) is 7. The number of amides is 3. The van der Waals surface area contributed by atoms with E-state index in [2.05, 4.69) is 52.7 Å². The number of rotatable bonds is 12. The number of thiophene rings is 1. The normalized spacial score (nSPS) is 14.4. The number of benzene rings is 4. The molecule has 0 bridgehead atoms. The van der Waals surface area contributed by atoms with Crippen molar-refractivity contribution >= 4 is 46.7 Å². The zero-order valence-electron chi connectivity index (χ0n) is 32.7. The Bertz CT molecular complexity index is 2120. The molecule has 0 spiro atoms. The van der Waals surface area contributed by atoms with Crippen molar-refractivity contribution in [3.05, 3.63) is 147 Å². The Hall–Kier alpha value is -5.32. The van der Waals surface area contributed by atoms with Crippen LogP contribution in [0.3, 0.4) is 0 Å². The van der Waals surface area contributed by atoms with E-state index in [0.717, 1.165) is 45.5 Å². The second-order valence-electron chi connectivity index (χ2n) is 15.5. The number of ether oxygens (including phenoxy) is 2. The summed E-state index contributed by atoms with van der Waals surface area (Å²) in [5.74, 6) is -0.266. The van der Waals surface area contributed by atoms with Gasteiger partial charge in [-0.05, 0) is 90.2 Å². The predicted octanol–water partition coefficient (Wildman–Crippen LogP) is 9.18. The van der Waals surface area contributed by atoms with Crippen LogP contribution in [-0.2, 0) is 33.7 Å². The number of halogens is 1. The summed E-state index contributed by atoms with van der Waals surface area (Å²) >= 11 is 7.86. The van der Waals surface area contributed by atoms with Gasteiger partial charge in [-0.2, -0.15) is 0 Å². The monoisotopic (exact) mass is 804 g/mol. The number of piperazine rings is 1. The van der Waals surface area contributed by atoms with Crippen LogP contribution in [-0.4, -0.2) is 78.9 Å². The lowest BCUT2D eigenvalue weighted by Gasteiger charge is -2.38. The first-order valence-electron chi connectivity index (χ1n) is 19.5. The van der Waals surface area contributed by atoms with E-state index in [0.29, 0.717) is 44.3 Å². The van der Waals surface area contributed by atoms with Crippen molar-refractivity contribution in [2.45, 2.75) is 57.7 Å². The first-order chi connectivity index (χ1) is 27.5. The Morgan fingerprint density at radius 1 is 0.842 bits per heavy atom. The molecule has 0 unspecified atom stereocenters. The van der Waals surface area contributed by atoms with E-state index in [1.165, 1.54) is 4.88 Å². The van der Waals surface area contributed by atoms with Crippen LogP contribution in [0.15, 0.2) is 115 Å². The first kappa shape index (κ1) is 39.9. The lowest BCUT2D eigenvalue weighted by molar-refractivity contribution is -0.133. The van der Waals surface area contributed by atoms with E-state index >= 15 is 0 Å². The van der Waals surface area contributed by atoms with E-state index in [-0.39, 0.29) is 30.9 Å². The van der Waals surface area contributed by atoms with Crippen LogP contribution in [0.4, 0.5) is 15.3 Å². The maximum atomic E-state index is 14.3. The molecule has 3 amide bonds. The molecule has 0 radical (unpaired) electrons. The molecule has 5 aromatic rings. The molecule has 1 atom stereocenters. The molecule has 1 N–H and O–H groups in total. The lowest BCUT2D eigenvalue weighted by atomic mass is 9.98. The van der Waals surface area contributed by atoms with Gasteiger partial charge < -0.3 is 29.5 Å². The highest BCUT2D eigenvalue weighted by atomic mass is 35.5. The van der Waals surface area contributed by atoms with Gasteiger partial charge in [0.15, 0.2) is 0 Å². The van der Waals surface area contributed by atoms with Gasteiger partial charge in [0.05, 0.1) is 6.54 Å². The third-order valence-electron chi connectivity index (χ3n) is 10.4. The van der Waals surface area contributed by atoms with Crippen LogP contribution in [0.5, 0.6) is 0 Å². The number of fused-ring (bicyclic) bond motifs is 3. The van der Waals surface area contributed by atoms with Crippen LogP contribution in [0.1, 0.15) is 53.8 Å². The minimum absolute atomic E-state index is 0.0956. The Balaban J connectivity index is 1.02. The van der Waals surface area contributed by atoms with E-state index < -0.39 is 17.7 Å². The quantitative estimate of drug-likeness (QED) is 0.135. The van der Waals surface area contributed by atoms with Crippen LogP contribution in [0.25, 0.3) is 11.1 Å². The van der Waals surface area contributed by atoms with Gasteiger partial charge >= 0.3 is 12.2 Å². The van der Waals surface area contributed by atoms with E-state index in [1.54, 1.807) is 28.4 Å². The number of nitrogens with zero attached hydrogens (tertiary/aromatic N) is 3. The van der Waals surface area contributed by atoms with Gasteiger partial charge in [-0.3, -0.25) is 4.79 Å². The first-order valence-corrected chi connectivity index (χ1v) is 20.8. The summed E-state index contributed by atoms with van der Waals surface area (Å²) in [5.41, 5.74) is 6.81. The Labute approximate surface area is 344 Å². The van der Waals surface area contributed by atoms with Crippen LogP contribution >= 0.6 is 22.9 Å². The summed E-state index contributed by atoms with van der Waals surface area (Å²) < 4.78 is 11.7. The largest absolute Gasteiger partial charge is 0.449 e. The number of anilines is 1. The molecule has 2 heterocycles. The summed E-state index contributed by atoms with van der Waals surface area (Å²) in [6.07, 6.45) is 0.0429. The molecule has 1 fully saturated rings. The van der Waals surface area contributed by atoms with Crippen molar-refractivity contribution in [3.63, 3.8) is 0 Å². The summed E-state index contributed by atoms with van der Waals surface area (Å²) in [7, 11) is 0. The predicted molar refractivity (Wildman–Crippen MR) is 227 cm³/mol. The molecule has 11 heteroatoms. The third-order valence-corrected chi connectivity index (χ3v) is 11.6. The van der Waals surface area contributed by atoms with Gasteiger partial charge in [0.25, 0.3) is 0 Å². The smallest absolute Gasteiger partial charge is 0.410 e. The van der Waals surface area contributed by atoms with Gasteiger partial charge in [0.1, 0.15) is 18.2 Å². The minimum Gasteiger partial charge on any atom is -0.449 e. The number of hydrogen-bond donors (Lipinski definition) is 1. The third kappa shape index (κ3) is 9.98. The Morgan fingerprint density at radius 3 is 2.14 bits per heavy atom. The second kappa shape index (κ2) is 17.9. The van der Waals surface area contributed by atoms with Crippen LogP contribution in [0.2, 0.25) is 5.02 Å². The topological polar surface area (TPSA) is 91.4 Å². The van der Waals surface area contributed by atoms with Crippen molar-refractivity contribution in [2.75, 3.05) is 44.2 Å². The molecule has 7 rings (SSSR count). The molecule has 9 nitrogen and oxygen atoms in total. The zero-order valence-corrected chi connectivity index (χ0v) is 34.2. The van der Waals surface area contributed by atoms with Crippen LogP contribution < -0.4 is 10.2 Å². The molecular weight excluding hydrogens is 756 g/mol. The average Bonchev–Trinajstić information content (AvgIpc) is 3.85. The highest BCUT2D eigenvalue weighted by Gasteiger charge is 2.33.